The maximum absolute atomic E-state index is 10.8. The SMILES string of the molecule is O=[N+]([O-])c1cccc([C@H](O)C[NH2+]CCc2c[nH]c3ccccc23)c1. The molecule has 4 N–H and O–H groups in total. The summed E-state index contributed by atoms with van der Waals surface area (Å²) in [5, 5.41) is 24.2. The smallest absolute Gasteiger partial charge is 0.269 e. The zero-order valence-electron chi connectivity index (χ0n) is 13.2. The van der Waals surface area contributed by atoms with Crippen molar-refractivity contribution in [2.75, 3.05) is 13.1 Å². The van der Waals surface area contributed by atoms with Gasteiger partial charge in [0, 0.05) is 35.7 Å². The van der Waals surface area contributed by atoms with E-state index in [1.807, 2.05) is 23.6 Å². The van der Waals surface area contributed by atoms with Gasteiger partial charge >= 0.3 is 0 Å². The number of hydrogen-bond donors (Lipinski definition) is 3. The van der Waals surface area contributed by atoms with Gasteiger partial charge in [0.05, 0.1) is 11.5 Å². The molecule has 0 aliphatic heterocycles. The van der Waals surface area contributed by atoms with Crippen molar-refractivity contribution in [2.24, 2.45) is 0 Å². The molecule has 124 valence electrons. The standard InChI is InChI=1S/C18H19N3O3/c22-18(13-4-3-5-15(10-13)21(23)24)12-19-9-8-14-11-20-17-7-2-1-6-16(14)17/h1-7,10-11,18-20,22H,8-9,12H2/p+1/t18-/m1/s1. The lowest BCUT2D eigenvalue weighted by Crippen LogP contribution is -2.85. The molecule has 0 bridgehead atoms. The number of fused-ring (bicyclic) bond motifs is 1. The summed E-state index contributed by atoms with van der Waals surface area (Å²) in [5.41, 5.74) is 2.97. The molecule has 6 nitrogen and oxygen atoms in total. The van der Waals surface area contributed by atoms with Gasteiger partial charge in [0.25, 0.3) is 5.69 Å². The summed E-state index contributed by atoms with van der Waals surface area (Å²) in [6.07, 6.45) is 2.20. The van der Waals surface area contributed by atoms with Gasteiger partial charge < -0.3 is 15.4 Å². The van der Waals surface area contributed by atoms with Crippen LogP contribution < -0.4 is 5.32 Å². The lowest BCUT2D eigenvalue weighted by molar-refractivity contribution is -0.661. The molecule has 0 radical (unpaired) electrons. The van der Waals surface area contributed by atoms with Crippen LogP contribution in [0.5, 0.6) is 0 Å². The fourth-order valence-electron chi connectivity index (χ4n) is 2.85. The number of benzene rings is 2. The molecule has 3 rings (SSSR count). The van der Waals surface area contributed by atoms with Crippen LogP contribution in [-0.4, -0.2) is 28.1 Å². The number of nitro groups is 1. The molecular weight excluding hydrogens is 306 g/mol. The Morgan fingerprint density at radius 3 is 2.88 bits per heavy atom. The summed E-state index contributed by atoms with van der Waals surface area (Å²) in [6.45, 7) is 1.32. The van der Waals surface area contributed by atoms with Gasteiger partial charge in [-0.3, -0.25) is 10.1 Å². The number of rotatable bonds is 7. The van der Waals surface area contributed by atoms with Crippen LogP contribution in [0, 0.1) is 10.1 Å². The first-order chi connectivity index (χ1) is 11.6. The number of H-pyrrole nitrogens is 1. The number of aromatic nitrogens is 1. The molecule has 6 heteroatoms. The van der Waals surface area contributed by atoms with E-state index in [1.54, 1.807) is 12.1 Å². The van der Waals surface area contributed by atoms with Gasteiger partial charge in [0.1, 0.15) is 12.6 Å². The topological polar surface area (TPSA) is 95.8 Å². The molecule has 24 heavy (non-hydrogen) atoms. The minimum Gasteiger partial charge on any atom is -0.382 e. The van der Waals surface area contributed by atoms with Gasteiger partial charge in [0.2, 0.25) is 0 Å². The normalized spacial score (nSPS) is 12.4. The van der Waals surface area contributed by atoms with E-state index >= 15 is 0 Å². The number of nitrogens with one attached hydrogen (secondary N) is 1. The molecular formula is C18H20N3O3+. The summed E-state index contributed by atoms with van der Waals surface area (Å²) in [5.74, 6) is 0. The van der Waals surface area contributed by atoms with E-state index in [-0.39, 0.29) is 5.69 Å². The Labute approximate surface area is 139 Å². The van der Waals surface area contributed by atoms with Gasteiger partial charge in [-0.2, -0.15) is 0 Å². The van der Waals surface area contributed by atoms with Gasteiger partial charge in [-0.05, 0) is 17.2 Å². The number of nitrogens with zero attached hydrogens (tertiary/aromatic N) is 1. The Morgan fingerprint density at radius 1 is 1.21 bits per heavy atom. The quantitative estimate of drug-likeness (QED) is 0.351. The lowest BCUT2D eigenvalue weighted by atomic mass is 10.1. The van der Waals surface area contributed by atoms with E-state index in [0.717, 1.165) is 18.5 Å². The number of para-hydroxylation sites is 1. The summed E-state index contributed by atoms with van der Waals surface area (Å²) in [7, 11) is 0. The lowest BCUT2D eigenvalue weighted by Gasteiger charge is -2.09. The van der Waals surface area contributed by atoms with E-state index in [1.165, 1.54) is 23.1 Å². The van der Waals surface area contributed by atoms with Crippen LogP contribution in [0.1, 0.15) is 17.2 Å². The predicted octanol–water partition coefficient (Wildman–Crippen LogP) is 1.92. The second-order valence-corrected chi connectivity index (χ2v) is 5.79. The first-order valence-electron chi connectivity index (χ1n) is 7.94. The van der Waals surface area contributed by atoms with Crippen molar-refractivity contribution in [2.45, 2.75) is 12.5 Å². The molecule has 0 unspecified atom stereocenters. The Balaban J connectivity index is 1.53. The fourth-order valence-corrected chi connectivity index (χ4v) is 2.85. The second-order valence-electron chi connectivity index (χ2n) is 5.79. The van der Waals surface area contributed by atoms with E-state index in [9.17, 15) is 15.2 Å². The second kappa shape index (κ2) is 7.25. The molecule has 0 saturated heterocycles. The van der Waals surface area contributed by atoms with Crippen molar-refractivity contribution in [3.8, 4) is 0 Å². The number of aliphatic hydroxyl groups is 1. The predicted molar refractivity (Wildman–Crippen MR) is 91.7 cm³/mol. The number of aliphatic hydroxyl groups excluding tert-OH is 1. The van der Waals surface area contributed by atoms with Gasteiger partial charge in [-0.25, -0.2) is 0 Å². The van der Waals surface area contributed by atoms with Crippen molar-refractivity contribution < 1.29 is 15.3 Å². The molecule has 2 aromatic carbocycles. The summed E-state index contributed by atoms with van der Waals surface area (Å²) in [4.78, 5) is 13.6. The molecule has 0 amide bonds. The minimum atomic E-state index is -0.715. The zero-order chi connectivity index (χ0) is 16.9. The Kier molecular flexibility index (Phi) is 4.88. The van der Waals surface area contributed by atoms with Gasteiger partial charge in [-0.1, -0.05) is 30.3 Å². The number of hydrogen-bond acceptors (Lipinski definition) is 3. The molecule has 0 aliphatic rings. The third kappa shape index (κ3) is 3.61. The maximum atomic E-state index is 10.8. The highest BCUT2D eigenvalue weighted by molar-refractivity contribution is 5.82. The maximum Gasteiger partial charge on any atom is 0.269 e. The summed E-state index contributed by atoms with van der Waals surface area (Å²) in [6, 6.07) is 14.3. The van der Waals surface area contributed by atoms with Crippen molar-refractivity contribution in [1.29, 1.82) is 0 Å². The van der Waals surface area contributed by atoms with Gasteiger partial charge in [0.15, 0.2) is 0 Å². The average Bonchev–Trinajstić information content (AvgIpc) is 3.02. The average molecular weight is 326 g/mol. The van der Waals surface area contributed by atoms with Crippen molar-refractivity contribution >= 4 is 16.6 Å². The fraction of sp³-hybridized carbons (Fsp3) is 0.222. The van der Waals surface area contributed by atoms with Crippen LogP contribution in [-0.2, 0) is 6.42 Å². The zero-order valence-corrected chi connectivity index (χ0v) is 13.2. The number of quaternary nitrogens is 1. The molecule has 0 fully saturated rings. The van der Waals surface area contributed by atoms with Crippen LogP contribution in [0.15, 0.2) is 54.7 Å². The highest BCUT2D eigenvalue weighted by Gasteiger charge is 2.14. The van der Waals surface area contributed by atoms with Crippen molar-refractivity contribution in [1.82, 2.24) is 4.98 Å². The third-order valence-corrected chi connectivity index (χ3v) is 4.15. The van der Waals surface area contributed by atoms with E-state index < -0.39 is 11.0 Å². The van der Waals surface area contributed by atoms with Crippen LogP contribution in [0.3, 0.4) is 0 Å². The molecule has 3 aromatic rings. The summed E-state index contributed by atoms with van der Waals surface area (Å²) < 4.78 is 0. The van der Waals surface area contributed by atoms with Crippen LogP contribution in [0.4, 0.5) is 5.69 Å². The Bertz CT molecular complexity index is 844. The van der Waals surface area contributed by atoms with Crippen LogP contribution in [0.25, 0.3) is 10.9 Å². The van der Waals surface area contributed by atoms with Crippen LogP contribution in [0.2, 0.25) is 0 Å². The largest absolute Gasteiger partial charge is 0.382 e. The molecule has 1 heterocycles. The molecule has 1 atom stereocenters. The summed E-state index contributed by atoms with van der Waals surface area (Å²) >= 11 is 0. The molecule has 0 saturated carbocycles. The Morgan fingerprint density at radius 2 is 2.04 bits per heavy atom. The van der Waals surface area contributed by atoms with Crippen molar-refractivity contribution in [3.05, 3.63) is 76.0 Å². The number of nitro benzene ring substituents is 1. The molecule has 1 aromatic heterocycles. The van der Waals surface area contributed by atoms with Crippen molar-refractivity contribution in [3.63, 3.8) is 0 Å². The number of aromatic amines is 1. The first-order valence-corrected chi connectivity index (χ1v) is 7.94. The third-order valence-electron chi connectivity index (χ3n) is 4.15. The van der Waals surface area contributed by atoms with E-state index in [4.69, 9.17) is 0 Å². The molecule has 0 spiro atoms. The highest BCUT2D eigenvalue weighted by atomic mass is 16.6. The minimum absolute atomic E-state index is 0.00495. The first kappa shape index (κ1) is 16.2. The monoisotopic (exact) mass is 326 g/mol. The van der Waals surface area contributed by atoms with Crippen LogP contribution >= 0.6 is 0 Å². The molecule has 0 aliphatic carbocycles. The number of nitrogens with two attached hydrogens (primary N) is 1. The van der Waals surface area contributed by atoms with Gasteiger partial charge in [-0.15, -0.1) is 0 Å². The van der Waals surface area contributed by atoms with E-state index in [0.29, 0.717) is 12.1 Å². The highest BCUT2D eigenvalue weighted by Crippen LogP contribution is 2.19. The van der Waals surface area contributed by atoms with E-state index in [2.05, 4.69) is 17.1 Å². The number of non-ortho nitro benzene ring substituents is 1. The Hall–Kier alpha value is -2.70.